The number of rotatable bonds is 13. The number of hydrogen-bond acceptors (Lipinski definition) is 6. The average Bonchev–Trinajstić information content (AvgIpc) is 3.00. The van der Waals surface area contributed by atoms with Crippen molar-refractivity contribution in [2.75, 3.05) is 12.9 Å². The Morgan fingerprint density at radius 3 is 2.41 bits per heavy atom. The van der Waals surface area contributed by atoms with Crippen molar-refractivity contribution in [2.24, 2.45) is 11.8 Å². The van der Waals surface area contributed by atoms with Crippen LogP contribution in [0, 0.1) is 11.8 Å². The van der Waals surface area contributed by atoms with Crippen LogP contribution in [0.15, 0.2) is 35.2 Å². The third kappa shape index (κ3) is 8.67. The highest BCUT2D eigenvalue weighted by molar-refractivity contribution is 7.99. The number of carbonyl (C=O) groups is 1. The Bertz CT molecular complexity index is 582. The van der Waals surface area contributed by atoms with Gasteiger partial charge in [-0.15, -0.1) is 11.8 Å². The molecule has 0 amide bonds. The van der Waals surface area contributed by atoms with Crippen LogP contribution in [-0.4, -0.2) is 52.5 Å². The molecule has 1 aliphatic rings. The van der Waals surface area contributed by atoms with Crippen LogP contribution in [0.2, 0.25) is 0 Å². The van der Waals surface area contributed by atoms with E-state index >= 15 is 0 Å². The van der Waals surface area contributed by atoms with Crippen molar-refractivity contribution in [3.63, 3.8) is 0 Å². The normalized spacial score (nSPS) is 25.1. The first-order valence-electron chi connectivity index (χ1n) is 10.8. The molecule has 6 heteroatoms. The van der Waals surface area contributed by atoms with Crippen LogP contribution in [0.3, 0.4) is 0 Å². The van der Waals surface area contributed by atoms with Crippen molar-refractivity contribution in [3.8, 4) is 0 Å². The first kappa shape index (κ1) is 24.2. The first-order chi connectivity index (χ1) is 14.0. The van der Waals surface area contributed by atoms with Gasteiger partial charge in [-0.25, -0.2) is 0 Å². The van der Waals surface area contributed by atoms with Gasteiger partial charge in [0.15, 0.2) is 0 Å². The van der Waals surface area contributed by atoms with E-state index in [0.29, 0.717) is 25.0 Å². The molecule has 5 nitrogen and oxygen atoms in total. The van der Waals surface area contributed by atoms with E-state index in [0.717, 1.165) is 43.4 Å². The Morgan fingerprint density at radius 2 is 1.72 bits per heavy atom. The van der Waals surface area contributed by atoms with E-state index in [4.69, 9.17) is 0 Å². The van der Waals surface area contributed by atoms with Crippen molar-refractivity contribution in [2.45, 2.75) is 81.0 Å². The molecular weight excluding hydrogens is 388 g/mol. The molecule has 2 rings (SSSR count). The fourth-order valence-electron chi connectivity index (χ4n) is 4.26. The maximum Gasteiger partial charge on any atom is 0.305 e. The highest BCUT2D eigenvalue weighted by atomic mass is 32.2. The van der Waals surface area contributed by atoms with Gasteiger partial charge in [-0.2, -0.15) is 0 Å². The zero-order chi connectivity index (χ0) is 21.1. The van der Waals surface area contributed by atoms with E-state index in [1.54, 1.807) is 11.8 Å². The van der Waals surface area contributed by atoms with Gasteiger partial charge in [0.05, 0.1) is 25.4 Å². The first-order valence-corrected chi connectivity index (χ1v) is 11.8. The van der Waals surface area contributed by atoms with Crippen molar-refractivity contribution < 1.29 is 24.9 Å². The van der Waals surface area contributed by atoms with Crippen LogP contribution in [0.4, 0.5) is 0 Å². The number of ether oxygens (including phenoxy) is 1. The van der Waals surface area contributed by atoms with Gasteiger partial charge < -0.3 is 20.1 Å². The molecule has 0 radical (unpaired) electrons. The standard InChI is InChI=1S/C23H36O5S/c1-28-23(27)12-8-3-2-7-11-19-20(22(26)15-21(19)25)14-13-17(24)16-29-18-9-5-4-6-10-18/h4-6,9-10,17,19-22,24-26H,2-3,7-8,11-16H2,1H3/t17?,19?,20-,21?,22?/m1/s1. The third-order valence-corrected chi connectivity index (χ3v) is 7.09. The lowest BCUT2D eigenvalue weighted by Crippen LogP contribution is -2.24. The summed E-state index contributed by atoms with van der Waals surface area (Å²) in [5.41, 5.74) is 0. The maximum atomic E-state index is 11.1. The molecule has 164 valence electrons. The molecule has 0 aromatic heterocycles. The molecule has 0 spiro atoms. The molecule has 5 atom stereocenters. The van der Waals surface area contributed by atoms with Crippen molar-refractivity contribution in [1.29, 1.82) is 0 Å². The highest BCUT2D eigenvalue weighted by Gasteiger charge is 2.40. The van der Waals surface area contributed by atoms with E-state index in [-0.39, 0.29) is 17.8 Å². The predicted octanol–water partition coefficient (Wildman–Crippen LogP) is 3.79. The Balaban J connectivity index is 1.67. The lowest BCUT2D eigenvalue weighted by atomic mass is 9.85. The van der Waals surface area contributed by atoms with Crippen LogP contribution < -0.4 is 0 Å². The number of esters is 1. The van der Waals surface area contributed by atoms with E-state index in [1.165, 1.54) is 7.11 Å². The van der Waals surface area contributed by atoms with Crippen molar-refractivity contribution in [3.05, 3.63) is 30.3 Å². The minimum Gasteiger partial charge on any atom is -0.469 e. The monoisotopic (exact) mass is 424 g/mol. The molecule has 4 unspecified atom stereocenters. The van der Waals surface area contributed by atoms with Gasteiger partial charge in [-0.3, -0.25) is 4.79 Å². The molecule has 1 saturated carbocycles. The largest absolute Gasteiger partial charge is 0.469 e. The summed E-state index contributed by atoms with van der Waals surface area (Å²) in [4.78, 5) is 12.3. The lowest BCUT2D eigenvalue weighted by molar-refractivity contribution is -0.140. The van der Waals surface area contributed by atoms with Crippen LogP contribution in [-0.2, 0) is 9.53 Å². The van der Waals surface area contributed by atoms with Gasteiger partial charge in [0.2, 0.25) is 0 Å². The number of unbranched alkanes of at least 4 members (excludes halogenated alkanes) is 3. The Labute approximate surface area is 178 Å². The van der Waals surface area contributed by atoms with Crippen LogP contribution in [0.5, 0.6) is 0 Å². The molecule has 0 saturated heterocycles. The number of carbonyl (C=O) groups excluding carboxylic acids is 1. The van der Waals surface area contributed by atoms with E-state index < -0.39 is 18.3 Å². The summed E-state index contributed by atoms with van der Waals surface area (Å²) in [5.74, 6) is 0.625. The van der Waals surface area contributed by atoms with Crippen LogP contribution in [0.25, 0.3) is 0 Å². The number of aliphatic hydroxyl groups excluding tert-OH is 3. The minimum atomic E-state index is -0.483. The predicted molar refractivity (Wildman–Crippen MR) is 116 cm³/mol. The van der Waals surface area contributed by atoms with Gasteiger partial charge in [0.1, 0.15) is 0 Å². The molecule has 3 N–H and O–H groups in total. The molecular formula is C23H36O5S. The third-order valence-electron chi connectivity index (χ3n) is 5.94. The Hall–Kier alpha value is -1.08. The van der Waals surface area contributed by atoms with Gasteiger partial charge in [0, 0.05) is 17.1 Å². The maximum absolute atomic E-state index is 11.1. The van der Waals surface area contributed by atoms with Gasteiger partial charge in [-0.05, 0) is 56.1 Å². The highest BCUT2D eigenvalue weighted by Crippen LogP contribution is 2.39. The molecule has 0 aliphatic heterocycles. The van der Waals surface area contributed by atoms with E-state index in [9.17, 15) is 20.1 Å². The summed E-state index contributed by atoms with van der Waals surface area (Å²) in [6.45, 7) is 0. The van der Waals surface area contributed by atoms with E-state index in [2.05, 4.69) is 4.74 Å². The second-order valence-electron chi connectivity index (χ2n) is 8.08. The van der Waals surface area contributed by atoms with Crippen molar-refractivity contribution in [1.82, 2.24) is 0 Å². The Kier molecular flexibility index (Phi) is 11.1. The number of methoxy groups -OCH3 is 1. The molecule has 29 heavy (non-hydrogen) atoms. The molecule has 1 aliphatic carbocycles. The zero-order valence-corrected chi connectivity index (χ0v) is 18.2. The topological polar surface area (TPSA) is 87.0 Å². The minimum absolute atomic E-state index is 0.0523. The van der Waals surface area contributed by atoms with Gasteiger partial charge >= 0.3 is 5.97 Å². The summed E-state index contributed by atoms with van der Waals surface area (Å²) in [6, 6.07) is 10.0. The average molecular weight is 425 g/mol. The van der Waals surface area contributed by atoms with E-state index in [1.807, 2.05) is 30.3 Å². The fourth-order valence-corrected chi connectivity index (χ4v) is 5.16. The van der Waals surface area contributed by atoms with Gasteiger partial charge in [0.25, 0.3) is 0 Å². The zero-order valence-electron chi connectivity index (χ0n) is 17.4. The SMILES string of the molecule is COC(=O)CCCCCCC1C(O)CC(O)[C@@H]1CCC(O)CSc1ccccc1. The molecule has 0 heterocycles. The molecule has 0 bridgehead atoms. The summed E-state index contributed by atoms with van der Waals surface area (Å²) in [6.07, 6.45) is 5.61. The summed E-state index contributed by atoms with van der Waals surface area (Å²) in [5, 5.41) is 31.1. The molecule has 1 fully saturated rings. The molecule has 1 aromatic carbocycles. The summed E-state index contributed by atoms with van der Waals surface area (Å²) in [7, 11) is 1.41. The number of benzene rings is 1. The number of thioether (sulfide) groups is 1. The second-order valence-corrected chi connectivity index (χ2v) is 9.18. The smallest absolute Gasteiger partial charge is 0.305 e. The number of aliphatic hydroxyl groups is 3. The van der Waals surface area contributed by atoms with Crippen LogP contribution >= 0.6 is 11.8 Å². The summed E-state index contributed by atoms with van der Waals surface area (Å²) < 4.78 is 4.64. The molecule has 1 aromatic rings. The quantitative estimate of drug-likeness (QED) is 0.254. The van der Waals surface area contributed by atoms with Gasteiger partial charge in [-0.1, -0.05) is 37.5 Å². The fraction of sp³-hybridized carbons (Fsp3) is 0.696. The van der Waals surface area contributed by atoms with Crippen LogP contribution in [0.1, 0.15) is 57.8 Å². The van der Waals surface area contributed by atoms with Crippen molar-refractivity contribution >= 4 is 17.7 Å². The second kappa shape index (κ2) is 13.3. The lowest BCUT2D eigenvalue weighted by Gasteiger charge is -2.24. The number of hydrogen-bond donors (Lipinski definition) is 3. The Morgan fingerprint density at radius 1 is 1.07 bits per heavy atom. The summed E-state index contributed by atoms with van der Waals surface area (Å²) >= 11 is 1.64.